The number of alkyl halides is 1. The minimum atomic E-state index is -1.59. The number of hydrogen-bond acceptors (Lipinski definition) is 6. The Morgan fingerprint density at radius 3 is 2.58 bits per heavy atom. The lowest BCUT2D eigenvalue weighted by Crippen LogP contribution is -2.54. The predicted molar refractivity (Wildman–Crippen MR) is 141 cm³/mol. The maximum Gasteiger partial charge on any atom is 0.254 e. The summed E-state index contributed by atoms with van der Waals surface area (Å²) < 4.78 is 32.2. The van der Waals surface area contributed by atoms with Gasteiger partial charge in [0.25, 0.3) is 5.91 Å². The van der Waals surface area contributed by atoms with Gasteiger partial charge >= 0.3 is 0 Å². The number of amides is 2. The van der Waals surface area contributed by atoms with Gasteiger partial charge in [-0.2, -0.15) is 15.6 Å². The number of nitrogens with one attached hydrogen (secondary N) is 1. The summed E-state index contributed by atoms with van der Waals surface area (Å²) in [5.74, 6) is -2.78. The summed E-state index contributed by atoms with van der Waals surface area (Å²) in [5.41, 5.74) is 6.03. The lowest BCUT2D eigenvalue weighted by Gasteiger charge is -2.43. The van der Waals surface area contributed by atoms with Crippen LogP contribution in [0.4, 0.5) is 14.6 Å². The van der Waals surface area contributed by atoms with Crippen LogP contribution >= 0.6 is 0 Å². The fourth-order valence-electron chi connectivity index (χ4n) is 5.25. The quantitative estimate of drug-likeness (QED) is 0.444. The van der Waals surface area contributed by atoms with Gasteiger partial charge in [0.15, 0.2) is 5.82 Å². The van der Waals surface area contributed by atoms with Gasteiger partial charge in [-0.1, -0.05) is 42.5 Å². The Labute approximate surface area is 229 Å². The first-order valence-corrected chi connectivity index (χ1v) is 12.9. The van der Waals surface area contributed by atoms with E-state index in [1.165, 1.54) is 16.9 Å². The summed E-state index contributed by atoms with van der Waals surface area (Å²) in [6, 6.07) is 18.5. The molecule has 1 aliphatic heterocycles. The van der Waals surface area contributed by atoms with Crippen LogP contribution in [0.1, 0.15) is 35.2 Å². The molecule has 0 bridgehead atoms. The molecule has 4 atom stereocenters. The lowest BCUT2D eigenvalue weighted by molar-refractivity contribution is -0.117. The van der Waals surface area contributed by atoms with E-state index in [0.29, 0.717) is 18.5 Å². The molecule has 0 radical (unpaired) electrons. The lowest BCUT2D eigenvalue weighted by atomic mass is 9.83. The average Bonchev–Trinajstić information content (AvgIpc) is 3.63. The number of nitriles is 2. The third kappa shape index (κ3) is 5.16. The van der Waals surface area contributed by atoms with Crippen LogP contribution in [0.25, 0.3) is 11.1 Å². The van der Waals surface area contributed by atoms with Crippen molar-refractivity contribution in [2.75, 3.05) is 18.4 Å². The smallest absolute Gasteiger partial charge is 0.254 e. The van der Waals surface area contributed by atoms with Crippen molar-refractivity contribution in [1.29, 1.82) is 10.5 Å². The molecule has 1 aliphatic carbocycles. The largest absolute Gasteiger partial charge is 0.365 e. The number of halogens is 2. The van der Waals surface area contributed by atoms with E-state index in [2.05, 4.69) is 10.4 Å². The van der Waals surface area contributed by atoms with Crippen molar-refractivity contribution in [2.45, 2.75) is 37.5 Å². The Balaban J connectivity index is 1.34. The molecule has 2 heterocycles. The van der Waals surface area contributed by atoms with Crippen molar-refractivity contribution in [3.05, 3.63) is 71.7 Å². The number of aromatic nitrogens is 2. The van der Waals surface area contributed by atoms with Gasteiger partial charge in [0.05, 0.1) is 30.4 Å². The molecule has 1 saturated heterocycles. The van der Waals surface area contributed by atoms with Gasteiger partial charge in [0.1, 0.15) is 23.1 Å². The summed E-state index contributed by atoms with van der Waals surface area (Å²) in [6.45, 7) is 0.417. The SMILES string of the molecule is N#CC[C@]1(n2cc(C(N)=O)c(NC(=O)C3CC3C#N)n2)CCN(Cc2ccc(-c3ccccc3)cc2F)CC1F. The number of benzene rings is 2. The fourth-order valence-corrected chi connectivity index (χ4v) is 5.25. The standard InChI is InChI=1S/C29H27F2N7O2/c30-24-13-19(18-4-2-1-3-5-18)6-7-20(24)15-37-11-9-29(8-10-32,25(31)17-37)38-16-23(26(34)39)27(36-38)35-28(40)22-12-21(22)14-33/h1-7,13,16,21-22,25H,8-9,11-12,15,17H2,(H2,34,39)(H,35,36,40)/t21?,22?,25?,29-/m0/s1. The highest BCUT2D eigenvalue weighted by molar-refractivity contribution is 6.03. The van der Waals surface area contributed by atoms with E-state index >= 15 is 4.39 Å². The normalized spacial score (nSPS) is 24.1. The van der Waals surface area contributed by atoms with Gasteiger partial charge < -0.3 is 11.1 Å². The van der Waals surface area contributed by atoms with E-state index in [4.69, 9.17) is 11.0 Å². The third-order valence-corrected chi connectivity index (χ3v) is 7.77. The number of hydrogen-bond donors (Lipinski definition) is 2. The summed E-state index contributed by atoms with van der Waals surface area (Å²) in [7, 11) is 0. The van der Waals surface area contributed by atoms with E-state index in [1.54, 1.807) is 11.0 Å². The van der Waals surface area contributed by atoms with Crippen LogP contribution in [0.15, 0.2) is 54.7 Å². The molecular formula is C29H27F2N7O2. The first-order valence-electron chi connectivity index (χ1n) is 12.9. The maximum atomic E-state index is 16.0. The second-order valence-corrected chi connectivity index (χ2v) is 10.3. The monoisotopic (exact) mass is 543 g/mol. The van der Waals surface area contributed by atoms with Crippen LogP contribution in [0.2, 0.25) is 0 Å². The maximum absolute atomic E-state index is 16.0. The summed E-state index contributed by atoms with van der Waals surface area (Å²) in [6.07, 6.45) is -0.0191. The number of nitrogens with zero attached hydrogens (tertiary/aromatic N) is 5. The van der Waals surface area contributed by atoms with E-state index in [-0.39, 0.29) is 37.3 Å². The average molecular weight is 544 g/mol. The van der Waals surface area contributed by atoms with E-state index in [9.17, 15) is 19.2 Å². The number of nitrogens with two attached hydrogens (primary N) is 1. The Kier molecular flexibility index (Phi) is 7.33. The van der Waals surface area contributed by atoms with Crippen molar-refractivity contribution >= 4 is 17.6 Å². The molecule has 0 spiro atoms. The van der Waals surface area contributed by atoms with Crippen molar-refractivity contribution in [3.8, 4) is 23.3 Å². The number of primary amides is 1. The molecule has 3 unspecified atom stereocenters. The molecule has 2 aromatic carbocycles. The Morgan fingerprint density at radius 1 is 1.18 bits per heavy atom. The number of piperidine rings is 1. The minimum Gasteiger partial charge on any atom is -0.365 e. The molecule has 40 heavy (non-hydrogen) atoms. The second-order valence-electron chi connectivity index (χ2n) is 10.3. The zero-order chi connectivity index (χ0) is 28.4. The van der Waals surface area contributed by atoms with Crippen molar-refractivity contribution < 1.29 is 18.4 Å². The zero-order valence-corrected chi connectivity index (χ0v) is 21.6. The van der Waals surface area contributed by atoms with Gasteiger partial charge in [0.2, 0.25) is 5.91 Å². The summed E-state index contributed by atoms with van der Waals surface area (Å²) >= 11 is 0. The molecule has 1 saturated carbocycles. The van der Waals surface area contributed by atoms with Crippen LogP contribution in [0.5, 0.6) is 0 Å². The first-order chi connectivity index (χ1) is 19.3. The van der Waals surface area contributed by atoms with Gasteiger partial charge in [-0.15, -0.1) is 0 Å². The molecule has 3 N–H and O–H groups in total. The van der Waals surface area contributed by atoms with Crippen molar-refractivity contribution in [2.24, 2.45) is 17.6 Å². The molecule has 9 nitrogen and oxygen atoms in total. The molecule has 5 rings (SSSR count). The van der Waals surface area contributed by atoms with Gasteiger partial charge in [-0.3, -0.25) is 19.2 Å². The number of rotatable bonds is 8. The molecule has 1 aromatic heterocycles. The molecule has 204 valence electrons. The Hall–Kier alpha value is -4.61. The van der Waals surface area contributed by atoms with Crippen LogP contribution in [-0.2, 0) is 16.9 Å². The highest BCUT2D eigenvalue weighted by Crippen LogP contribution is 2.40. The van der Waals surface area contributed by atoms with Crippen molar-refractivity contribution in [3.63, 3.8) is 0 Å². The molecular weight excluding hydrogens is 516 g/mol. The topological polar surface area (TPSA) is 141 Å². The predicted octanol–water partition coefficient (Wildman–Crippen LogP) is 3.74. The van der Waals surface area contributed by atoms with Crippen LogP contribution in [0, 0.1) is 40.3 Å². The highest BCUT2D eigenvalue weighted by atomic mass is 19.1. The van der Waals surface area contributed by atoms with Crippen molar-refractivity contribution in [1.82, 2.24) is 14.7 Å². The Bertz CT molecular complexity index is 1530. The number of carbonyl (C=O) groups is 2. The van der Waals surface area contributed by atoms with Gasteiger partial charge in [0, 0.05) is 31.4 Å². The molecule has 3 aromatic rings. The first kappa shape index (κ1) is 27.0. The summed E-state index contributed by atoms with van der Waals surface area (Å²) in [5, 5.41) is 25.4. The van der Waals surface area contributed by atoms with Gasteiger partial charge in [-0.05, 0) is 30.0 Å². The van der Waals surface area contributed by atoms with Crippen LogP contribution in [0.3, 0.4) is 0 Å². The van der Waals surface area contributed by atoms with E-state index in [1.807, 2.05) is 48.5 Å². The second kappa shape index (κ2) is 10.9. The highest BCUT2D eigenvalue weighted by Gasteiger charge is 2.47. The Morgan fingerprint density at radius 2 is 1.95 bits per heavy atom. The molecule has 2 amide bonds. The molecule has 11 heteroatoms. The fraction of sp³-hybridized carbons (Fsp3) is 0.345. The number of anilines is 1. The minimum absolute atomic E-state index is 0.0963. The zero-order valence-electron chi connectivity index (χ0n) is 21.6. The van der Waals surface area contributed by atoms with E-state index in [0.717, 1.165) is 11.1 Å². The summed E-state index contributed by atoms with van der Waals surface area (Å²) in [4.78, 5) is 26.4. The molecule has 2 aliphatic rings. The number of likely N-dealkylation sites (tertiary alicyclic amines) is 1. The van der Waals surface area contributed by atoms with Crippen LogP contribution in [-0.4, -0.2) is 45.8 Å². The molecule has 2 fully saturated rings. The van der Waals surface area contributed by atoms with Gasteiger partial charge in [-0.25, -0.2) is 8.78 Å². The van der Waals surface area contributed by atoms with Crippen LogP contribution < -0.4 is 11.1 Å². The number of carbonyl (C=O) groups excluding carboxylic acids is 2. The van der Waals surface area contributed by atoms with E-state index < -0.39 is 41.2 Å². The third-order valence-electron chi connectivity index (χ3n) is 7.77.